The van der Waals surface area contributed by atoms with Crippen LogP contribution in [0.4, 0.5) is 0 Å². The summed E-state index contributed by atoms with van der Waals surface area (Å²) in [4.78, 5) is 0. The van der Waals surface area contributed by atoms with E-state index in [2.05, 4.69) is 59.7 Å². The third kappa shape index (κ3) is 4.20. The number of nitrogens with one attached hydrogen (secondary N) is 2. The monoisotopic (exact) mass is 271 g/mol. The van der Waals surface area contributed by atoms with Crippen LogP contribution in [-0.2, 0) is 6.42 Å². The van der Waals surface area contributed by atoms with Crippen LogP contribution in [0.1, 0.15) is 49.0 Å². The molecule has 2 N–H and O–H groups in total. The molecule has 1 aromatic heterocycles. The minimum Gasteiger partial charge on any atom is -0.310 e. The van der Waals surface area contributed by atoms with Crippen LogP contribution in [0.15, 0.2) is 36.5 Å². The molecule has 2 aromatic rings. The Bertz CT molecular complexity index is 490. The second-order valence-corrected chi connectivity index (χ2v) is 5.33. The molecule has 3 heteroatoms. The Morgan fingerprint density at radius 3 is 2.70 bits per heavy atom. The summed E-state index contributed by atoms with van der Waals surface area (Å²) < 4.78 is 0. The number of nitrogens with zero attached hydrogens (tertiary/aromatic N) is 1. The molecule has 20 heavy (non-hydrogen) atoms. The molecular formula is C17H25N3. The number of aryl methyl sites for hydroxylation is 2. The number of aromatic nitrogens is 2. The van der Waals surface area contributed by atoms with E-state index in [1.54, 1.807) is 0 Å². The minimum absolute atomic E-state index is 0.478. The maximum atomic E-state index is 4.07. The van der Waals surface area contributed by atoms with Crippen molar-refractivity contribution in [3.8, 4) is 0 Å². The van der Waals surface area contributed by atoms with E-state index in [9.17, 15) is 0 Å². The highest BCUT2D eigenvalue weighted by Gasteiger charge is 2.09. The molecule has 0 aliphatic rings. The quantitative estimate of drug-likeness (QED) is 0.717. The van der Waals surface area contributed by atoms with Crippen molar-refractivity contribution in [3.05, 3.63) is 53.3 Å². The van der Waals surface area contributed by atoms with Gasteiger partial charge in [0.25, 0.3) is 0 Å². The fourth-order valence-electron chi connectivity index (χ4n) is 2.54. The van der Waals surface area contributed by atoms with Gasteiger partial charge in [0.15, 0.2) is 0 Å². The molecule has 0 saturated heterocycles. The fourth-order valence-corrected chi connectivity index (χ4v) is 2.54. The predicted octanol–water partition coefficient (Wildman–Crippen LogP) is 3.78. The van der Waals surface area contributed by atoms with Crippen LogP contribution in [0.2, 0.25) is 0 Å². The van der Waals surface area contributed by atoms with E-state index in [1.165, 1.54) is 29.7 Å². The van der Waals surface area contributed by atoms with Crippen molar-refractivity contribution < 1.29 is 0 Å². The average molecular weight is 271 g/mol. The average Bonchev–Trinajstić information content (AvgIpc) is 2.89. The number of hydrogen-bond acceptors (Lipinski definition) is 2. The summed E-state index contributed by atoms with van der Waals surface area (Å²) in [5.74, 6) is 0. The van der Waals surface area contributed by atoms with Crippen molar-refractivity contribution in [2.75, 3.05) is 6.54 Å². The van der Waals surface area contributed by atoms with Gasteiger partial charge in [-0.2, -0.15) is 5.10 Å². The van der Waals surface area contributed by atoms with Crippen molar-refractivity contribution in [2.24, 2.45) is 0 Å². The summed E-state index contributed by atoms with van der Waals surface area (Å²) in [5, 5.41) is 10.7. The summed E-state index contributed by atoms with van der Waals surface area (Å²) in [6.07, 6.45) is 6.56. The molecule has 1 aromatic carbocycles. The van der Waals surface area contributed by atoms with Crippen molar-refractivity contribution in [1.29, 1.82) is 0 Å². The summed E-state index contributed by atoms with van der Waals surface area (Å²) in [6, 6.07) is 11.2. The lowest BCUT2D eigenvalue weighted by molar-refractivity contribution is 0.487. The molecule has 3 nitrogen and oxygen atoms in total. The van der Waals surface area contributed by atoms with Gasteiger partial charge in [-0.25, -0.2) is 0 Å². The van der Waals surface area contributed by atoms with Gasteiger partial charge in [0.1, 0.15) is 0 Å². The van der Waals surface area contributed by atoms with Crippen LogP contribution in [0.25, 0.3) is 0 Å². The number of rotatable bonds is 8. The second-order valence-electron chi connectivity index (χ2n) is 5.33. The van der Waals surface area contributed by atoms with Gasteiger partial charge in [-0.15, -0.1) is 0 Å². The Morgan fingerprint density at radius 2 is 2.05 bits per heavy atom. The fraction of sp³-hybridized carbons (Fsp3) is 0.471. The van der Waals surface area contributed by atoms with E-state index < -0.39 is 0 Å². The van der Waals surface area contributed by atoms with Crippen LogP contribution in [0.3, 0.4) is 0 Å². The highest BCUT2D eigenvalue weighted by Crippen LogP contribution is 2.18. The van der Waals surface area contributed by atoms with Gasteiger partial charge in [0, 0.05) is 11.7 Å². The highest BCUT2D eigenvalue weighted by molar-refractivity contribution is 5.19. The van der Waals surface area contributed by atoms with Crippen molar-refractivity contribution >= 4 is 0 Å². The Balaban J connectivity index is 1.79. The lowest BCUT2D eigenvalue weighted by Crippen LogP contribution is -2.22. The van der Waals surface area contributed by atoms with Crippen LogP contribution < -0.4 is 5.32 Å². The molecule has 0 spiro atoms. The number of hydrogen-bond donors (Lipinski definition) is 2. The van der Waals surface area contributed by atoms with Gasteiger partial charge in [0.05, 0.1) is 6.20 Å². The van der Waals surface area contributed by atoms with Gasteiger partial charge in [-0.1, -0.05) is 43.7 Å². The molecule has 0 saturated carbocycles. The van der Waals surface area contributed by atoms with Gasteiger partial charge in [0.2, 0.25) is 0 Å². The van der Waals surface area contributed by atoms with E-state index >= 15 is 0 Å². The van der Waals surface area contributed by atoms with Crippen molar-refractivity contribution in [2.45, 2.75) is 45.6 Å². The van der Waals surface area contributed by atoms with Crippen LogP contribution in [-0.4, -0.2) is 16.7 Å². The molecule has 0 aliphatic heterocycles. The molecule has 1 heterocycles. The molecule has 0 fully saturated rings. The second kappa shape index (κ2) is 7.85. The Kier molecular flexibility index (Phi) is 5.81. The summed E-state index contributed by atoms with van der Waals surface area (Å²) in [6.45, 7) is 5.37. The Hall–Kier alpha value is -1.61. The van der Waals surface area contributed by atoms with Crippen molar-refractivity contribution in [1.82, 2.24) is 15.5 Å². The molecule has 0 amide bonds. The molecule has 1 atom stereocenters. The lowest BCUT2D eigenvalue weighted by Gasteiger charge is -2.18. The smallest absolute Gasteiger partial charge is 0.0522 e. The molecule has 0 radical (unpaired) electrons. The number of benzene rings is 1. The number of aromatic amines is 1. The third-order valence-corrected chi connectivity index (χ3v) is 3.73. The normalized spacial score (nSPS) is 12.5. The van der Waals surface area contributed by atoms with Gasteiger partial charge >= 0.3 is 0 Å². The zero-order valence-corrected chi connectivity index (χ0v) is 12.5. The minimum atomic E-state index is 0.478. The maximum Gasteiger partial charge on any atom is 0.0522 e. The van der Waals surface area contributed by atoms with Crippen LogP contribution in [0.5, 0.6) is 0 Å². The SMILES string of the molecule is CCCC(NCCCc1cn[nH]c1C)c1ccccc1. The van der Waals surface area contributed by atoms with Crippen LogP contribution in [0, 0.1) is 6.92 Å². The standard InChI is InChI=1S/C17H25N3/c1-3-8-17(15-9-5-4-6-10-15)18-12-7-11-16-13-19-20-14(16)2/h4-6,9-10,13,17-18H,3,7-8,11-12H2,1-2H3,(H,19,20). The first-order chi connectivity index (χ1) is 9.81. The summed E-state index contributed by atoms with van der Waals surface area (Å²) in [5.41, 5.74) is 3.92. The zero-order valence-electron chi connectivity index (χ0n) is 12.5. The van der Waals surface area contributed by atoms with E-state index in [4.69, 9.17) is 0 Å². The van der Waals surface area contributed by atoms with Gasteiger partial charge in [-0.3, -0.25) is 5.10 Å². The Labute approximate surface area is 121 Å². The zero-order chi connectivity index (χ0) is 14.2. The predicted molar refractivity (Wildman–Crippen MR) is 83.7 cm³/mol. The number of H-pyrrole nitrogens is 1. The Morgan fingerprint density at radius 1 is 1.25 bits per heavy atom. The third-order valence-electron chi connectivity index (χ3n) is 3.73. The van der Waals surface area contributed by atoms with E-state index in [1.807, 2.05) is 6.20 Å². The first kappa shape index (κ1) is 14.8. The van der Waals surface area contributed by atoms with Gasteiger partial charge < -0.3 is 5.32 Å². The summed E-state index contributed by atoms with van der Waals surface area (Å²) >= 11 is 0. The van der Waals surface area contributed by atoms with E-state index in [0.717, 1.165) is 19.4 Å². The van der Waals surface area contributed by atoms with Crippen LogP contribution >= 0.6 is 0 Å². The largest absolute Gasteiger partial charge is 0.310 e. The lowest BCUT2D eigenvalue weighted by atomic mass is 10.0. The van der Waals surface area contributed by atoms with Crippen molar-refractivity contribution in [3.63, 3.8) is 0 Å². The molecule has 0 bridgehead atoms. The molecular weight excluding hydrogens is 246 g/mol. The van der Waals surface area contributed by atoms with E-state index in [0.29, 0.717) is 6.04 Å². The molecule has 108 valence electrons. The molecule has 2 rings (SSSR count). The topological polar surface area (TPSA) is 40.7 Å². The molecule has 1 unspecified atom stereocenters. The van der Waals surface area contributed by atoms with Gasteiger partial charge in [-0.05, 0) is 43.9 Å². The maximum absolute atomic E-state index is 4.07. The first-order valence-electron chi connectivity index (χ1n) is 7.58. The highest BCUT2D eigenvalue weighted by atomic mass is 15.1. The first-order valence-corrected chi connectivity index (χ1v) is 7.58. The molecule has 0 aliphatic carbocycles. The van der Waals surface area contributed by atoms with E-state index in [-0.39, 0.29) is 0 Å². The summed E-state index contributed by atoms with van der Waals surface area (Å²) in [7, 11) is 0.